The van der Waals surface area contributed by atoms with Crippen LogP contribution in [0.25, 0.3) is 0 Å². The van der Waals surface area contributed by atoms with Gasteiger partial charge in [0, 0.05) is 72.1 Å². The summed E-state index contributed by atoms with van der Waals surface area (Å²) in [5.41, 5.74) is 1.34. The standard InChI is InChI=1S/C23H36N4O2/c1-18(28)24-22-14-19-16-26(17-20(19)15-23(22)29-2)9-8-25-10-12-27(13-11-25)21-6-4-3-5-7-21/h3-7,19-20,22-23H,8-17H2,1-2H3,(H,24,28)/t19-,20+,22-,23-/m1/s1. The van der Waals surface area contributed by atoms with E-state index in [0.29, 0.717) is 11.8 Å². The highest BCUT2D eigenvalue weighted by molar-refractivity contribution is 5.73. The van der Waals surface area contributed by atoms with Crippen LogP contribution in [0.2, 0.25) is 0 Å². The largest absolute Gasteiger partial charge is 0.379 e. The van der Waals surface area contributed by atoms with Gasteiger partial charge >= 0.3 is 0 Å². The maximum atomic E-state index is 11.5. The van der Waals surface area contributed by atoms with E-state index in [9.17, 15) is 4.79 Å². The number of piperazine rings is 1. The first kappa shape index (κ1) is 20.6. The Kier molecular flexibility index (Phi) is 6.73. The number of benzene rings is 1. The number of para-hydroxylation sites is 1. The zero-order valence-electron chi connectivity index (χ0n) is 17.9. The normalized spacial score (nSPS) is 30.9. The molecule has 3 aliphatic rings. The van der Waals surface area contributed by atoms with Crippen molar-refractivity contribution >= 4 is 11.6 Å². The summed E-state index contributed by atoms with van der Waals surface area (Å²) in [5.74, 6) is 1.45. The zero-order valence-corrected chi connectivity index (χ0v) is 17.9. The molecule has 4 atom stereocenters. The van der Waals surface area contributed by atoms with Crippen molar-refractivity contribution in [2.75, 3.05) is 64.4 Å². The van der Waals surface area contributed by atoms with Crippen molar-refractivity contribution < 1.29 is 9.53 Å². The van der Waals surface area contributed by atoms with Gasteiger partial charge < -0.3 is 19.9 Å². The van der Waals surface area contributed by atoms with Crippen molar-refractivity contribution in [2.45, 2.75) is 31.9 Å². The number of fused-ring (bicyclic) bond motifs is 1. The average Bonchev–Trinajstić information content (AvgIpc) is 3.14. The van der Waals surface area contributed by atoms with Gasteiger partial charge in [-0.1, -0.05) is 18.2 Å². The molecule has 160 valence electrons. The monoisotopic (exact) mass is 400 g/mol. The van der Waals surface area contributed by atoms with E-state index in [1.807, 2.05) is 0 Å². The highest BCUT2D eigenvalue weighted by Gasteiger charge is 2.42. The number of amides is 1. The fourth-order valence-electron chi connectivity index (χ4n) is 5.52. The highest BCUT2D eigenvalue weighted by atomic mass is 16.5. The van der Waals surface area contributed by atoms with Gasteiger partial charge in [0.15, 0.2) is 0 Å². The summed E-state index contributed by atoms with van der Waals surface area (Å²) >= 11 is 0. The molecular formula is C23H36N4O2. The Morgan fingerprint density at radius 3 is 2.31 bits per heavy atom. The molecule has 1 aliphatic carbocycles. The Labute approximate surface area is 175 Å². The number of likely N-dealkylation sites (tertiary alicyclic amines) is 1. The van der Waals surface area contributed by atoms with Crippen LogP contribution in [-0.2, 0) is 9.53 Å². The molecule has 4 rings (SSSR count). The van der Waals surface area contributed by atoms with Gasteiger partial charge in [-0.15, -0.1) is 0 Å². The average molecular weight is 401 g/mol. The molecule has 3 fully saturated rings. The van der Waals surface area contributed by atoms with Gasteiger partial charge in [-0.2, -0.15) is 0 Å². The molecular weight excluding hydrogens is 364 g/mol. The maximum Gasteiger partial charge on any atom is 0.217 e. The summed E-state index contributed by atoms with van der Waals surface area (Å²) in [7, 11) is 1.78. The van der Waals surface area contributed by atoms with E-state index in [0.717, 1.165) is 52.1 Å². The Morgan fingerprint density at radius 1 is 1.00 bits per heavy atom. The van der Waals surface area contributed by atoms with Crippen LogP contribution in [0.5, 0.6) is 0 Å². The van der Waals surface area contributed by atoms with Crippen molar-refractivity contribution in [1.29, 1.82) is 0 Å². The lowest BCUT2D eigenvalue weighted by atomic mass is 9.77. The number of hydrogen-bond donors (Lipinski definition) is 1. The second kappa shape index (κ2) is 9.45. The Bertz CT molecular complexity index is 662. The lowest BCUT2D eigenvalue weighted by molar-refractivity contribution is -0.121. The van der Waals surface area contributed by atoms with Crippen molar-refractivity contribution in [1.82, 2.24) is 15.1 Å². The van der Waals surface area contributed by atoms with E-state index in [1.165, 1.54) is 18.8 Å². The molecule has 0 unspecified atom stereocenters. The van der Waals surface area contributed by atoms with Crippen LogP contribution in [0.3, 0.4) is 0 Å². The third-order valence-electron chi connectivity index (χ3n) is 7.11. The summed E-state index contributed by atoms with van der Waals surface area (Å²) in [6.45, 7) is 10.8. The summed E-state index contributed by atoms with van der Waals surface area (Å²) in [5, 5.41) is 3.12. The molecule has 1 N–H and O–H groups in total. The Morgan fingerprint density at radius 2 is 1.66 bits per heavy atom. The molecule has 2 saturated heterocycles. The fraction of sp³-hybridized carbons (Fsp3) is 0.696. The molecule has 1 aromatic rings. The third-order valence-corrected chi connectivity index (χ3v) is 7.11. The van der Waals surface area contributed by atoms with E-state index in [1.54, 1.807) is 14.0 Å². The number of anilines is 1. The first-order chi connectivity index (χ1) is 14.1. The van der Waals surface area contributed by atoms with Gasteiger partial charge in [-0.05, 0) is 36.8 Å². The van der Waals surface area contributed by atoms with Crippen molar-refractivity contribution in [3.05, 3.63) is 30.3 Å². The first-order valence-electron chi connectivity index (χ1n) is 11.2. The molecule has 0 radical (unpaired) electrons. The minimum Gasteiger partial charge on any atom is -0.379 e. The first-order valence-corrected chi connectivity index (χ1v) is 11.2. The Hall–Kier alpha value is -1.63. The third kappa shape index (κ3) is 5.11. The number of carbonyl (C=O) groups excluding carboxylic acids is 1. The van der Waals surface area contributed by atoms with Gasteiger partial charge in [-0.3, -0.25) is 9.69 Å². The molecule has 2 aliphatic heterocycles. The number of methoxy groups -OCH3 is 1. The van der Waals surface area contributed by atoms with E-state index in [-0.39, 0.29) is 18.1 Å². The molecule has 0 spiro atoms. The number of nitrogens with one attached hydrogen (secondary N) is 1. The molecule has 29 heavy (non-hydrogen) atoms. The van der Waals surface area contributed by atoms with Crippen molar-refractivity contribution in [3.63, 3.8) is 0 Å². The smallest absolute Gasteiger partial charge is 0.217 e. The molecule has 2 heterocycles. The van der Waals surface area contributed by atoms with Crippen LogP contribution in [-0.4, -0.2) is 87.3 Å². The second-order valence-electron chi connectivity index (χ2n) is 9.00. The van der Waals surface area contributed by atoms with Gasteiger partial charge in [0.05, 0.1) is 12.1 Å². The van der Waals surface area contributed by atoms with E-state index in [4.69, 9.17) is 4.74 Å². The molecule has 1 amide bonds. The topological polar surface area (TPSA) is 48.1 Å². The molecule has 0 bridgehead atoms. The maximum absolute atomic E-state index is 11.5. The van der Waals surface area contributed by atoms with Crippen molar-refractivity contribution in [3.8, 4) is 0 Å². The number of rotatable bonds is 6. The van der Waals surface area contributed by atoms with Crippen LogP contribution in [0.4, 0.5) is 5.69 Å². The number of nitrogens with zero attached hydrogens (tertiary/aromatic N) is 3. The predicted molar refractivity (Wildman–Crippen MR) is 116 cm³/mol. The summed E-state index contributed by atoms with van der Waals surface area (Å²) in [6.07, 6.45) is 2.28. The lowest BCUT2D eigenvalue weighted by Crippen LogP contribution is -2.49. The predicted octanol–water partition coefficient (Wildman–Crippen LogP) is 1.67. The van der Waals surface area contributed by atoms with Crippen LogP contribution in [0.1, 0.15) is 19.8 Å². The van der Waals surface area contributed by atoms with Gasteiger partial charge in [-0.25, -0.2) is 0 Å². The van der Waals surface area contributed by atoms with Crippen molar-refractivity contribution in [2.24, 2.45) is 11.8 Å². The SMILES string of the molecule is CO[C@@H]1C[C@H]2CN(CCN3CCN(c4ccccc4)CC3)C[C@H]2C[C@H]1NC(C)=O. The quantitative estimate of drug-likeness (QED) is 0.787. The van der Waals surface area contributed by atoms with E-state index in [2.05, 4.69) is 50.3 Å². The number of ether oxygens (including phenoxy) is 1. The fourth-order valence-corrected chi connectivity index (χ4v) is 5.52. The van der Waals surface area contributed by atoms with Gasteiger partial charge in [0.25, 0.3) is 0 Å². The minimum absolute atomic E-state index is 0.0556. The summed E-state index contributed by atoms with van der Waals surface area (Å²) in [6, 6.07) is 10.9. The summed E-state index contributed by atoms with van der Waals surface area (Å²) in [4.78, 5) is 19.3. The van der Waals surface area contributed by atoms with E-state index >= 15 is 0 Å². The minimum atomic E-state index is 0.0556. The van der Waals surface area contributed by atoms with E-state index < -0.39 is 0 Å². The van der Waals surface area contributed by atoms with Gasteiger partial charge in [0.2, 0.25) is 5.91 Å². The van der Waals surface area contributed by atoms with Crippen LogP contribution < -0.4 is 10.2 Å². The number of carbonyl (C=O) groups is 1. The highest BCUT2D eigenvalue weighted by Crippen LogP contribution is 2.37. The lowest BCUT2D eigenvalue weighted by Gasteiger charge is -2.37. The van der Waals surface area contributed by atoms with Crippen LogP contribution >= 0.6 is 0 Å². The second-order valence-corrected chi connectivity index (χ2v) is 9.00. The summed E-state index contributed by atoms with van der Waals surface area (Å²) < 4.78 is 5.70. The molecule has 1 saturated carbocycles. The molecule has 1 aromatic carbocycles. The zero-order chi connectivity index (χ0) is 20.2. The molecule has 6 heteroatoms. The Balaban J connectivity index is 1.21. The molecule has 0 aromatic heterocycles. The van der Waals surface area contributed by atoms with Crippen LogP contribution in [0.15, 0.2) is 30.3 Å². The number of hydrogen-bond acceptors (Lipinski definition) is 5. The van der Waals surface area contributed by atoms with Crippen LogP contribution in [0, 0.1) is 11.8 Å². The van der Waals surface area contributed by atoms with Gasteiger partial charge in [0.1, 0.15) is 0 Å². The molecule has 6 nitrogen and oxygen atoms in total.